The summed E-state index contributed by atoms with van der Waals surface area (Å²) < 4.78 is 11.4. The lowest BCUT2D eigenvalue weighted by Crippen LogP contribution is -2.30. The van der Waals surface area contributed by atoms with Crippen molar-refractivity contribution in [1.82, 2.24) is 15.2 Å². The number of benzene rings is 1. The van der Waals surface area contributed by atoms with Gasteiger partial charge in [0.25, 0.3) is 0 Å². The topological polar surface area (TPSA) is 97.3 Å². The molecule has 138 valence electrons. The first-order chi connectivity index (χ1) is 13.2. The van der Waals surface area contributed by atoms with Gasteiger partial charge in [-0.2, -0.15) is 5.10 Å². The Morgan fingerprint density at radius 3 is 2.96 bits per heavy atom. The summed E-state index contributed by atoms with van der Waals surface area (Å²) in [4.78, 5) is 15.5. The normalized spacial score (nSPS) is 15.6. The second-order valence-corrected chi connectivity index (χ2v) is 6.37. The van der Waals surface area contributed by atoms with Gasteiger partial charge in [0.2, 0.25) is 0 Å². The van der Waals surface area contributed by atoms with E-state index in [-0.39, 0.29) is 0 Å². The average molecular weight is 365 g/mol. The molecule has 0 saturated heterocycles. The number of ether oxygens (including phenoxy) is 2. The molecule has 3 heterocycles. The summed E-state index contributed by atoms with van der Waals surface area (Å²) in [7, 11) is 0. The molecule has 2 N–H and O–H groups in total. The number of nitrogens with one attached hydrogen (secondary N) is 1. The smallest absolute Gasteiger partial charge is 0.344 e. The van der Waals surface area contributed by atoms with E-state index in [0.29, 0.717) is 30.9 Å². The van der Waals surface area contributed by atoms with Gasteiger partial charge in [-0.3, -0.25) is 10.1 Å². The zero-order chi connectivity index (χ0) is 18.6. The molecule has 0 fully saturated rings. The number of pyridine rings is 1. The number of aryl methyl sites for hydroxylation is 1. The first-order valence-electron chi connectivity index (χ1n) is 8.79. The van der Waals surface area contributed by atoms with E-state index >= 15 is 0 Å². The summed E-state index contributed by atoms with van der Waals surface area (Å²) in [5.74, 6) is 0.440. The lowest BCUT2D eigenvalue weighted by Gasteiger charge is -2.23. The summed E-state index contributed by atoms with van der Waals surface area (Å²) in [6.07, 6.45) is 4.52. The Balaban J connectivity index is 1.34. The molecule has 0 bridgehead atoms. The van der Waals surface area contributed by atoms with E-state index < -0.39 is 12.1 Å². The molecular weight excluding hydrogens is 346 g/mol. The van der Waals surface area contributed by atoms with Gasteiger partial charge in [0.1, 0.15) is 11.5 Å². The van der Waals surface area contributed by atoms with Gasteiger partial charge >= 0.3 is 5.97 Å². The molecule has 1 aromatic carbocycles. The van der Waals surface area contributed by atoms with E-state index in [0.717, 1.165) is 28.9 Å². The summed E-state index contributed by atoms with van der Waals surface area (Å²) in [5, 5.41) is 15.9. The molecule has 3 aromatic rings. The zero-order valence-corrected chi connectivity index (χ0v) is 14.6. The Kier molecular flexibility index (Phi) is 4.74. The number of aliphatic carboxylic acids is 1. The van der Waals surface area contributed by atoms with Crippen LogP contribution in [0.1, 0.15) is 17.5 Å². The first kappa shape index (κ1) is 17.1. The number of rotatable bonds is 6. The van der Waals surface area contributed by atoms with Crippen molar-refractivity contribution in [1.29, 1.82) is 0 Å². The molecule has 7 nitrogen and oxygen atoms in total. The van der Waals surface area contributed by atoms with Crippen molar-refractivity contribution >= 4 is 5.97 Å². The summed E-state index contributed by atoms with van der Waals surface area (Å²) in [6, 6.07) is 11.6. The monoisotopic (exact) mass is 365 g/mol. The van der Waals surface area contributed by atoms with Gasteiger partial charge in [-0.15, -0.1) is 0 Å². The SMILES string of the molecule is O=C(O)[C@@H]1CCc2ccc(CCOc3ccc(-c4ccn[nH]4)nc3)cc2O1. The molecule has 27 heavy (non-hydrogen) atoms. The standard InChI is InChI=1S/C20H19N3O4/c24-20(25)18-6-3-14-2-1-13(11-19(14)27-18)8-10-26-15-4-5-16(21-12-15)17-7-9-22-23-17/h1-2,4-5,7,9,11-12,18H,3,6,8,10H2,(H,22,23)(H,24,25)/t18-/m0/s1. The predicted octanol–water partition coefficient (Wildman–Crippen LogP) is 2.87. The fraction of sp³-hybridized carbons (Fsp3) is 0.250. The van der Waals surface area contributed by atoms with Crippen molar-refractivity contribution in [3.63, 3.8) is 0 Å². The minimum Gasteiger partial charge on any atom is -0.492 e. The number of hydrogen-bond donors (Lipinski definition) is 2. The lowest BCUT2D eigenvalue weighted by molar-refractivity contribution is -0.145. The van der Waals surface area contributed by atoms with Crippen LogP contribution in [0.4, 0.5) is 0 Å². The third kappa shape index (κ3) is 3.92. The van der Waals surface area contributed by atoms with Crippen LogP contribution in [0, 0.1) is 0 Å². The second kappa shape index (κ2) is 7.49. The third-order valence-corrected chi connectivity index (χ3v) is 4.52. The fourth-order valence-electron chi connectivity index (χ4n) is 3.05. The van der Waals surface area contributed by atoms with Gasteiger partial charge in [0.15, 0.2) is 6.10 Å². The fourth-order valence-corrected chi connectivity index (χ4v) is 3.05. The number of carboxylic acids is 1. The Bertz CT molecular complexity index is 923. The molecule has 0 unspecified atom stereocenters. The maximum atomic E-state index is 11.1. The minimum atomic E-state index is -0.916. The highest BCUT2D eigenvalue weighted by molar-refractivity contribution is 5.73. The third-order valence-electron chi connectivity index (χ3n) is 4.52. The maximum Gasteiger partial charge on any atom is 0.344 e. The van der Waals surface area contributed by atoms with Crippen molar-refractivity contribution in [2.24, 2.45) is 0 Å². The Hall–Kier alpha value is -3.35. The number of nitrogens with zero attached hydrogens (tertiary/aromatic N) is 2. The van der Waals surface area contributed by atoms with Gasteiger partial charge in [-0.05, 0) is 48.2 Å². The van der Waals surface area contributed by atoms with Crippen molar-refractivity contribution in [2.45, 2.75) is 25.4 Å². The highest BCUT2D eigenvalue weighted by Crippen LogP contribution is 2.29. The molecule has 1 atom stereocenters. The van der Waals surface area contributed by atoms with Gasteiger partial charge in [-0.25, -0.2) is 4.79 Å². The quantitative estimate of drug-likeness (QED) is 0.697. The summed E-state index contributed by atoms with van der Waals surface area (Å²) >= 11 is 0. The van der Waals surface area contributed by atoms with E-state index in [1.165, 1.54) is 0 Å². The number of fused-ring (bicyclic) bond motifs is 1. The molecule has 2 aromatic heterocycles. The highest BCUT2D eigenvalue weighted by Gasteiger charge is 2.25. The van der Waals surface area contributed by atoms with Crippen molar-refractivity contribution in [3.05, 3.63) is 59.9 Å². The largest absolute Gasteiger partial charge is 0.492 e. The average Bonchev–Trinajstić information content (AvgIpc) is 3.23. The molecule has 0 radical (unpaired) electrons. The molecule has 7 heteroatoms. The predicted molar refractivity (Wildman–Crippen MR) is 97.8 cm³/mol. The minimum absolute atomic E-state index is 0.492. The van der Waals surface area contributed by atoms with Crippen LogP contribution < -0.4 is 9.47 Å². The number of H-pyrrole nitrogens is 1. The van der Waals surface area contributed by atoms with Crippen LogP contribution in [-0.4, -0.2) is 39.0 Å². The van der Waals surface area contributed by atoms with Crippen molar-refractivity contribution in [3.8, 4) is 22.9 Å². The van der Waals surface area contributed by atoms with Gasteiger partial charge in [0, 0.05) is 12.6 Å². The second-order valence-electron chi connectivity index (χ2n) is 6.37. The molecule has 0 saturated carbocycles. The van der Waals surface area contributed by atoms with Gasteiger partial charge < -0.3 is 14.6 Å². The van der Waals surface area contributed by atoms with Crippen molar-refractivity contribution in [2.75, 3.05) is 6.61 Å². The number of aromatic amines is 1. The van der Waals surface area contributed by atoms with E-state index in [2.05, 4.69) is 15.2 Å². The van der Waals surface area contributed by atoms with Crippen LogP contribution in [0.2, 0.25) is 0 Å². The Morgan fingerprint density at radius 2 is 2.22 bits per heavy atom. The van der Waals surface area contributed by atoms with Crippen LogP contribution in [0.15, 0.2) is 48.8 Å². The molecule has 1 aliphatic rings. The molecule has 0 spiro atoms. The van der Waals surface area contributed by atoms with Crippen molar-refractivity contribution < 1.29 is 19.4 Å². The lowest BCUT2D eigenvalue weighted by atomic mass is 9.99. The molecular formula is C20H19N3O4. The molecule has 4 rings (SSSR count). The number of hydrogen-bond acceptors (Lipinski definition) is 5. The van der Waals surface area contributed by atoms with Gasteiger partial charge in [0.05, 0.1) is 24.2 Å². The van der Waals surface area contributed by atoms with Crippen LogP contribution in [0.3, 0.4) is 0 Å². The first-order valence-corrected chi connectivity index (χ1v) is 8.79. The van der Waals surface area contributed by atoms with E-state index in [1.807, 2.05) is 36.4 Å². The molecule has 0 amide bonds. The van der Waals surface area contributed by atoms with E-state index in [4.69, 9.17) is 14.6 Å². The Labute approximate surface area is 156 Å². The van der Waals surface area contributed by atoms with Crippen LogP contribution >= 0.6 is 0 Å². The highest BCUT2D eigenvalue weighted by atomic mass is 16.5. The number of carbonyl (C=O) groups is 1. The molecule has 0 aliphatic carbocycles. The van der Waals surface area contributed by atoms with E-state index in [9.17, 15) is 4.79 Å². The van der Waals surface area contributed by atoms with E-state index in [1.54, 1.807) is 12.4 Å². The summed E-state index contributed by atoms with van der Waals surface area (Å²) in [6.45, 7) is 0.492. The zero-order valence-electron chi connectivity index (χ0n) is 14.6. The number of aromatic nitrogens is 3. The summed E-state index contributed by atoms with van der Waals surface area (Å²) in [5.41, 5.74) is 3.76. The maximum absolute atomic E-state index is 11.1. The van der Waals surface area contributed by atoms with Crippen LogP contribution in [-0.2, 0) is 17.6 Å². The number of carboxylic acid groups (broad SMARTS) is 1. The van der Waals surface area contributed by atoms with Gasteiger partial charge in [-0.1, -0.05) is 12.1 Å². The van der Waals surface area contributed by atoms with Crippen LogP contribution in [0.5, 0.6) is 11.5 Å². The molecule has 1 aliphatic heterocycles. The van der Waals surface area contributed by atoms with Crippen LogP contribution in [0.25, 0.3) is 11.4 Å². The Morgan fingerprint density at radius 1 is 1.30 bits per heavy atom.